The SMILES string of the molecule is COc1cc2c(cc1OC)CN(C(=O)CN1CCC[C@@H](C(N)=O)C1)CC2. The molecule has 2 heterocycles. The fourth-order valence-electron chi connectivity index (χ4n) is 3.82. The van der Waals surface area contributed by atoms with Crippen LogP contribution >= 0.6 is 0 Å². The Kier molecular flexibility index (Phi) is 5.66. The zero-order valence-electron chi connectivity index (χ0n) is 15.5. The molecule has 7 nitrogen and oxygen atoms in total. The molecule has 0 saturated carbocycles. The second-order valence-electron chi connectivity index (χ2n) is 7.02. The summed E-state index contributed by atoms with van der Waals surface area (Å²) in [6.07, 6.45) is 2.52. The van der Waals surface area contributed by atoms with Gasteiger partial charge in [-0.1, -0.05) is 0 Å². The molecule has 2 N–H and O–H groups in total. The van der Waals surface area contributed by atoms with Gasteiger partial charge in [0.1, 0.15) is 0 Å². The minimum absolute atomic E-state index is 0.0931. The first kappa shape index (κ1) is 18.5. The van der Waals surface area contributed by atoms with Crippen LogP contribution in [0.15, 0.2) is 12.1 Å². The van der Waals surface area contributed by atoms with E-state index in [1.807, 2.05) is 21.9 Å². The Bertz CT molecular complexity index is 692. The van der Waals surface area contributed by atoms with Crippen molar-refractivity contribution in [1.82, 2.24) is 9.80 Å². The van der Waals surface area contributed by atoms with Crippen molar-refractivity contribution in [3.8, 4) is 11.5 Å². The van der Waals surface area contributed by atoms with Crippen molar-refractivity contribution in [2.24, 2.45) is 11.7 Å². The highest BCUT2D eigenvalue weighted by molar-refractivity contribution is 5.79. The lowest BCUT2D eigenvalue weighted by molar-refractivity contribution is -0.135. The number of piperidine rings is 1. The van der Waals surface area contributed by atoms with E-state index in [-0.39, 0.29) is 17.7 Å². The van der Waals surface area contributed by atoms with Gasteiger partial charge in [-0.2, -0.15) is 0 Å². The highest BCUT2D eigenvalue weighted by Gasteiger charge is 2.28. The summed E-state index contributed by atoms with van der Waals surface area (Å²) >= 11 is 0. The summed E-state index contributed by atoms with van der Waals surface area (Å²) in [4.78, 5) is 28.1. The summed E-state index contributed by atoms with van der Waals surface area (Å²) < 4.78 is 10.7. The van der Waals surface area contributed by atoms with E-state index in [1.54, 1.807) is 14.2 Å². The molecule has 0 unspecified atom stereocenters. The van der Waals surface area contributed by atoms with Crippen LogP contribution in [0.3, 0.4) is 0 Å². The quantitative estimate of drug-likeness (QED) is 0.838. The molecule has 1 saturated heterocycles. The average molecular weight is 361 g/mol. The number of carbonyl (C=O) groups excluding carboxylic acids is 2. The van der Waals surface area contributed by atoms with Crippen LogP contribution < -0.4 is 15.2 Å². The van der Waals surface area contributed by atoms with Crippen LogP contribution in [0.4, 0.5) is 0 Å². The third-order valence-electron chi connectivity index (χ3n) is 5.34. The molecule has 1 fully saturated rings. The molecular formula is C19H27N3O4. The fraction of sp³-hybridized carbons (Fsp3) is 0.579. The minimum atomic E-state index is -0.268. The molecule has 1 aromatic rings. The van der Waals surface area contributed by atoms with Gasteiger partial charge in [-0.15, -0.1) is 0 Å². The lowest BCUT2D eigenvalue weighted by Crippen LogP contribution is -2.47. The maximum Gasteiger partial charge on any atom is 0.237 e. The molecule has 2 amide bonds. The molecule has 2 aliphatic rings. The van der Waals surface area contributed by atoms with E-state index in [1.165, 1.54) is 5.56 Å². The Morgan fingerprint density at radius 1 is 1.15 bits per heavy atom. The summed E-state index contributed by atoms with van der Waals surface area (Å²) in [7, 11) is 3.24. The number of carbonyl (C=O) groups is 2. The van der Waals surface area contributed by atoms with Gasteiger partial charge in [0.2, 0.25) is 11.8 Å². The third kappa shape index (κ3) is 3.93. The molecule has 0 radical (unpaired) electrons. The number of fused-ring (bicyclic) bond motifs is 1. The second kappa shape index (κ2) is 7.95. The number of likely N-dealkylation sites (tertiary alicyclic amines) is 1. The van der Waals surface area contributed by atoms with Gasteiger partial charge in [0.25, 0.3) is 0 Å². The molecule has 1 aromatic carbocycles. The zero-order valence-corrected chi connectivity index (χ0v) is 15.5. The number of hydrogen-bond donors (Lipinski definition) is 1. The van der Waals surface area contributed by atoms with Gasteiger partial charge in [-0.3, -0.25) is 14.5 Å². The summed E-state index contributed by atoms with van der Waals surface area (Å²) in [6, 6.07) is 3.95. The van der Waals surface area contributed by atoms with Gasteiger partial charge in [0.15, 0.2) is 11.5 Å². The molecule has 26 heavy (non-hydrogen) atoms. The van der Waals surface area contributed by atoms with Crippen LogP contribution in [0.25, 0.3) is 0 Å². The second-order valence-corrected chi connectivity index (χ2v) is 7.02. The van der Waals surface area contributed by atoms with Crippen molar-refractivity contribution in [1.29, 1.82) is 0 Å². The third-order valence-corrected chi connectivity index (χ3v) is 5.34. The molecule has 3 rings (SSSR count). The Balaban J connectivity index is 1.64. The predicted molar refractivity (Wildman–Crippen MR) is 97.0 cm³/mol. The summed E-state index contributed by atoms with van der Waals surface area (Å²) in [5.41, 5.74) is 7.71. The van der Waals surface area contributed by atoms with Crippen LogP contribution in [-0.2, 0) is 22.6 Å². The average Bonchev–Trinajstić information content (AvgIpc) is 2.66. The first-order valence-electron chi connectivity index (χ1n) is 9.05. The van der Waals surface area contributed by atoms with Crippen molar-refractivity contribution in [2.45, 2.75) is 25.8 Å². The molecular weight excluding hydrogens is 334 g/mol. The minimum Gasteiger partial charge on any atom is -0.493 e. The Hall–Kier alpha value is -2.28. The Labute approximate surface area is 154 Å². The van der Waals surface area contributed by atoms with Gasteiger partial charge < -0.3 is 20.1 Å². The summed E-state index contributed by atoms with van der Waals surface area (Å²) in [6.45, 7) is 3.02. The smallest absolute Gasteiger partial charge is 0.237 e. The van der Waals surface area contributed by atoms with Gasteiger partial charge in [0, 0.05) is 19.6 Å². The number of nitrogens with two attached hydrogens (primary N) is 1. The molecule has 0 spiro atoms. The van der Waals surface area contributed by atoms with E-state index in [2.05, 4.69) is 0 Å². The Morgan fingerprint density at radius 2 is 1.85 bits per heavy atom. The first-order chi connectivity index (χ1) is 12.5. The highest BCUT2D eigenvalue weighted by atomic mass is 16.5. The van der Waals surface area contributed by atoms with E-state index in [0.717, 1.165) is 37.1 Å². The standard InChI is InChI=1S/C19H27N3O4/c1-25-16-8-13-5-7-22(11-15(13)9-17(16)26-2)18(23)12-21-6-3-4-14(10-21)19(20)24/h8-9,14H,3-7,10-12H2,1-2H3,(H2,20,24)/t14-/m1/s1. The molecule has 0 aliphatic carbocycles. The van der Waals surface area contributed by atoms with Gasteiger partial charge >= 0.3 is 0 Å². The fourth-order valence-corrected chi connectivity index (χ4v) is 3.82. The van der Waals surface area contributed by atoms with Crippen LogP contribution in [0, 0.1) is 5.92 Å². The van der Waals surface area contributed by atoms with Crippen LogP contribution in [0.5, 0.6) is 11.5 Å². The number of ether oxygens (including phenoxy) is 2. The van der Waals surface area contributed by atoms with Crippen molar-refractivity contribution >= 4 is 11.8 Å². The van der Waals surface area contributed by atoms with Crippen molar-refractivity contribution in [3.05, 3.63) is 23.3 Å². The van der Waals surface area contributed by atoms with E-state index in [9.17, 15) is 9.59 Å². The number of benzene rings is 1. The number of methoxy groups -OCH3 is 2. The summed E-state index contributed by atoms with van der Waals surface area (Å²) in [5.74, 6) is 1.08. The zero-order chi connectivity index (χ0) is 18.7. The van der Waals surface area contributed by atoms with Gasteiger partial charge in [-0.05, 0) is 49.1 Å². The molecule has 7 heteroatoms. The Morgan fingerprint density at radius 3 is 2.50 bits per heavy atom. The molecule has 1 atom stereocenters. The van der Waals surface area contributed by atoms with E-state index < -0.39 is 0 Å². The van der Waals surface area contributed by atoms with Crippen molar-refractivity contribution < 1.29 is 19.1 Å². The van der Waals surface area contributed by atoms with Gasteiger partial charge in [-0.25, -0.2) is 0 Å². The van der Waals surface area contributed by atoms with E-state index in [0.29, 0.717) is 31.9 Å². The molecule has 0 bridgehead atoms. The normalized spacial score (nSPS) is 20.4. The lowest BCUT2D eigenvalue weighted by Gasteiger charge is -2.34. The van der Waals surface area contributed by atoms with Crippen molar-refractivity contribution in [3.63, 3.8) is 0 Å². The molecule has 2 aliphatic heterocycles. The number of hydrogen-bond acceptors (Lipinski definition) is 5. The number of rotatable bonds is 5. The van der Waals surface area contributed by atoms with E-state index >= 15 is 0 Å². The molecule has 0 aromatic heterocycles. The van der Waals surface area contributed by atoms with E-state index in [4.69, 9.17) is 15.2 Å². The predicted octanol–water partition coefficient (Wildman–Crippen LogP) is 0.786. The maximum atomic E-state index is 12.7. The number of primary amides is 1. The van der Waals surface area contributed by atoms with Crippen molar-refractivity contribution in [2.75, 3.05) is 40.4 Å². The maximum absolute atomic E-state index is 12.7. The lowest BCUT2D eigenvalue weighted by atomic mass is 9.97. The van der Waals surface area contributed by atoms with Crippen LogP contribution in [0.2, 0.25) is 0 Å². The highest BCUT2D eigenvalue weighted by Crippen LogP contribution is 2.33. The number of amides is 2. The van der Waals surface area contributed by atoms with Crippen LogP contribution in [0.1, 0.15) is 24.0 Å². The first-order valence-corrected chi connectivity index (χ1v) is 9.05. The summed E-state index contributed by atoms with van der Waals surface area (Å²) in [5, 5.41) is 0. The molecule has 142 valence electrons. The topological polar surface area (TPSA) is 85.1 Å². The van der Waals surface area contributed by atoms with Crippen LogP contribution in [-0.4, -0.2) is 62.0 Å². The largest absolute Gasteiger partial charge is 0.493 e. The van der Waals surface area contributed by atoms with Gasteiger partial charge in [0.05, 0.1) is 26.7 Å². The monoisotopic (exact) mass is 361 g/mol. The number of nitrogens with zero attached hydrogens (tertiary/aromatic N) is 2.